The van der Waals surface area contributed by atoms with Gasteiger partial charge in [-0.15, -0.1) is 0 Å². The van der Waals surface area contributed by atoms with E-state index in [4.69, 9.17) is 0 Å². The summed E-state index contributed by atoms with van der Waals surface area (Å²) in [7, 11) is 0. The number of aromatic nitrogens is 3. The number of halogens is 3. The van der Waals surface area contributed by atoms with Crippen molar-refractivity contribution in [2.24, 2.45) is 11.8 Å². The summed E-state index contributed by atoms with van der Waals surface area (Å²) in [4.78, 5) is 3.85. The highest BCUT2D eigenvalue weighted by molar-refractivity contribution is 5.57. The molecule has 7 heteroatoms. The topological polar surface area (TPSA) is 53.6 Å². The van der Waals surface area contributed by atoms with Gasteiger partial charge in [0.15, 0.2) is 11.6 Å². The Morgan fingerprint density at radius 1 is 1.19 bits per heavy atom. The molecule has 1 aromatic carbocycles. The molecular weight excluding hydrogens is 353 g/mol. The van der Waals surface area contributed by atoms with Crippen molar-refractivity contribution in [1.29, 1.82) is 0 Å². The molecular formula is C20H25F3N4. The zero-order chi connectivity index (χ0) is 19.0. The molecule has 0 spiro atoms. The summed E-state index contributed by atoms with van der Waals surface area (Å²) in [5.41, 5.74) is 1.36. The normalized spacial score (nSPS) is 27.9. The molecule has 0 amide bonds. The molecule has 146 valence electrons. The second-order valence-corrected chi connectivity index (χ2v) is 7.85. The van der Waals surface area contributed by atoms with Gasteiger partial charge in [0.2, 0.25) is 0 Å². The predicted octanol–water partition coefficient (Wildman–Crippen LogP) is 4.61. The molecule has 2 aliphatic rings. The highest BCUT2D eigenvalue weighted by Gasteiger charge is 2.50. The molecule has 2 heterocycles. The van der Waals surface area contributed by atoms with Gasteiger partial charge < -0.3 is 5.32 Å². The third-order valence-electron chi connectivity index (χ3n) is 6.41. The minimum atomic E-state index is -2.73. The average molecular weight is 378 g/mol. The standard InChI is InChI=1S/C20H25F3N4/c1-2-6-20(13-4-3-5-14(20)11-24-10-13)15-7-12(8-16(21)9-15)18-25-19(17(22)23)27-26-18/h7-9,13-14,17,24H,2-6,10-11H2,1H3,(H,25,26,27). The zero-order valence-electron chi connectivity index (χ0n) is 15.4. The number of H-pyrrole nitrogens is 1. The number of alkyl halides is 2. The Bertz CT molecular complexity index is 782. The molecule has 2 fully saturated rings. The number of benzene rings is 1. The van der Waals surface area contributed by atoms with E-state index < -0.39 is 12.2 Å². The molecule has 0 radical (unpaired) electrons. The summed E-state index contributed by atoms with van der Waals surface area (Å²) in [6.07, 6.45) is 2.77. The molecule has 4 nitrogen and oxygen atoms in total. The molecule has 1 saturated heterocycles. The van der Waals surface area contributed by atoms with E-state index in [0.29, 0.717) is 17.4 Å². The average Bonchev–Trinajstić information content (AvgIpc) is 3.11. The van der Waals surface area contributed by atoms with Crippen LogP contribution in [0.2, 0.25) is 0 Å². The van der Waals surface area contributed by atoms with Gasteiger partial charge in [-0.25, -0.2) is 18.2 Å². The van der Waals surface area contributed by atoms with Crippen molar-refractivity contribution in [3.63, 3.8) is 0 Å². The fourth-order valence-corrected chi connectivity index (χ4v) is 5.39. The lowest BCUT2D eigenvalue weighted by atomic mass is 9.53. The molecule has 2 atom stereocenters. The van der Waals surface area contributed by atoms with Crippen molar-refractivity contribution in [2.45, 2.75) is 50.9 Å². The van der Waals surface area contributed by atoms with Gasteiger partial charge in [0, 0.05) is 11.0 Å². The summed E-state index contributed by atoms with van der Waals surface area (Å²) < 4.78 is 40.3. The zero-order valence-corrected chi connectivity index (χ0v) is 15.4. The largest absolute Gasteiger partial charge is 0.316 e. The van der Waals surface area contributed by atoms with Crippen molar-refractivity contribution in [3.05, 3.63) is 35.4 Å². The van der Waals surface area contributed by atoms with Crippen LogP contribution in [-0.2, 0) is 5.41 Å². The van der Waals surface area contributed by atoms with Crippen LogP contribution in [0.1, 0.15) is 56.8 Å². The van der Waals surface area contributed by atoms with Crippen LogP contribution >= 0.6 is 0 Å². The molecule has 27 heavy (non-hydrogen) atoms. The van der Waals surface area contributed by atoms with Gasteiger partial charge in [0.25, 0.3) is 6.43 Å². The SMILES string of the molecule is CCCC1(c2cc(F)cc(-c3n[nH]c(C(F)F)n3)c2)C2CCCC1CNC2. The molecule has 1 aromatic heterocycles. The van der Waals surface area contributed by atoms with Gasteiger partial charge in [-0.3, -0.25) is 5.10 Å². The third kappa shape index (κ3) is 3.16. The number of hydrogen-bond donors (Lipinski definition) is 2. The Labute approximate surface area is 157 Å². The Kier molecular flexibility index (Phi) is 4.97. The predicted molar refractivity (Wildman–Crippen MR) is 97.0 cm³/mol. The third-order valence-corrected chi connectivity index (χ3v) is 6.41. The first-order valence-corrected chi connectivity index (χ1v) is 9.77. The van der Waals surface area contributed by atoms with E-state index >= 15 is 0 Å². The van der Waals surface area contributed by atoms with E-state index in [1.54, 1.807) is 6.07 Å². The first-order chi connectivity index (χ1) is 13.0. The lowest BCUT2D eigenvalue weighted by Crippen LogP contribution is -2.56. The minimum absolute atomic E-state index is 0.0725. The number of rotatable bonds is 5. The van der Waals surface area contributed by atoms with Gasteiger partial charge in [-0.2, -0.15) is 5.10 Å². The maximum atomic E-state index is 14.6. The number of piperidine rings is 1. The Morgan fingerprint density at radius 2 is 1.93 bits per heavy atom. The van der Waals surface area contributed by atoms with Gasteiger partial charge in [-0.1, -0.05) is 19.8 Å². The maximum Gasteiger partial charge on any atom is 0.296 e. The number of fused-ring (bicyclic) bond motifs is 2. The quantitative estimate of drug-likeness (QED) is 0.799. The van der Waals surface area contributed by atoms with Crippen molar-refractivity contribution >= 4 is 0 Å². The van der Waals surface area contributed by atoms with Crippen LogP contribution in [0.4, 0.5) is 13.2 Å². The summed E-state index contributed by atoms with van der Waals surface area (Å²) in [6, 6.07) is 4.89. The van der Waals surface area contributed by atoms with Crippen LogP contribution in [0.3, 0.4) is 0 Å². The number of nitrogens with zero attached hydrogens (tertiary/aromatic N) is 2. The molecule has 2 aromatic rings. The van der Waals surface area contributed by atoms with E-state index in [2.05, 4.69) is 27.4 Å². The van der Waals surface area contributed by atoms with Gasteiger partial charge in [0.05, 0.1) is 0 Å². The summed E-state index contributed by atoms with van der Waals surface area (Å²) in [5, 5.41) is 9.67. The second-order valence-electron chi connectivity index (χ2n) is 7.85. The molecule has 1 aliphatic carbocycles. The molecule has 1 aliphatic heterocycles. The second kappa shape index (κ2) is 7.26. The molecule has 1 saturated carbocycles. The monoisotopic (exact) mass is 378 g/mol. The minimum Gasteiger partial charge on any atom is -0.316 e. The maximum absolute atomic E-state index is 14.6. The molecule has 2 bridgehead atoms. The first-order valence-electron chi connectivity index (χ1n) is 9.77. The first kappa shape index (κ1) is 18.5. The van der Waals surface area contributed by atoms with Crippen LogP contribution in [0.5, 0.6) is 0 Å². The Hall–Kier alpha value is -1.89. The number of hydrogen-bond acceptors (Lipinski definition) is 3. The van der Waals surface area contributed by atoms with E-state index in [9.17, 15) is 13.2 Å². The molecule has 2 unspecified atom stereocenters. The van der Waals surface area contributed by atoms with E-state index in [-0.39, 0.29) is 17.1 Å². The highest BCUT2D eigenvalue weighted by Crippen LogP contribution is 2.52. The van der Waals surface area contributed by atoms with Crippen LogP contribution in [-0.4, -0.2) is 28.3 Å². The van der Waals surface area contributed by atoms with E-state index in [0.717, 1.165) is 44.3 Å². The number of aromatic amines is 1. The van der Waals surface area contributed by atoms with Gasteiger partial charge in [-0.05, 0) is 68.0 Å². The number of nitrogens with one attached hydrogen (secondary N) is 2. The molecule has 2 N–H and O–H groups in total. The Morgan fingerprint density at radius 3 is 2.56 bits per heavy atom. The van der Waals surface area contributed by atoms with Crippen LogP contribution in [0.25, 0.3) is 11.4 Å². The van der Waals surface area contributed by atoms with E-state index in [1.807, 2.05) is 6.07 Å². The van der Waals surface area contributed by atoms with Crippen LogP contribution in [0, 0.1) is 17.7 Å². The van der Waals surface area contributed by atoms with Gasteiger partial charge >= 0.3 is 0 Å². The lowest BCUT2D eigenvalue weighted by molar-refractivity contribution is 0.0574. The van der Waals surface area contributed by atoms with Crippen molar-refractivity contribution in [3.8, 4) is 11.4 Å². The van der Waals surface area contributed by atoms with Crippen molar-refractivity contribution in [1.82, 2.24) is 20.5 Å². The highest BCUT2D eigenvalue weighted by atomic mass is 19.3. The lowest BCUT2D eigenvalue weighted by Gasteiger charge is -2.54. The molecule has 4 rings (SSSR count). The van der Waals surface area contributed by atoms with E-state index in [1.165, 1.54) is 12.5 Å². The van der Waals surface area contributed by atoms with Crippen molar-refractivity contribution in [2.75, 3.05) is 13.1 Å². The smallest absolute Gasteiger partial charge is 0.296 e. The van der Waals surface area contributed by atoms with Gasteiger partial charge in [0.1, 0.15) is 5.82 Å². The summed E-state index contributed by atoms with van der Waals surface area (Å²) in [6.45, 7) is 4.06. The van der Waals surface area contributed by atoms with Crippen LogP contribution in [0.15, 0.2) is 18.2 Å². The summed E-state index contributed by atoms with van der Waals surface area (Å²) >= 11 is 0. The fourth-order valence-electron chi connectivity index (χ4n) is 5.39. The Balaban J connectivity index is 1.80. The van der Waals surface area contributed by atoms with Crippen molar-refractivity contribution < 1.29 is 13.2 Å². The fraction of sp³-hybridized carbons (Fsp3) is 0.600. The summed E-state index contributed by atoms with van der Waals surface area (Å²) in [5.74, 6) is 0.194. The van der Waals surface area contributed by atoms with Crippen LogP contribution < -0.4 is 5.32 Å².